The summed E-state index contributed by atoms with van der Waals surface area (Å²) < 4.78 is 7.56. The van der Waals surface area contributed by atoms with E-state index < -0.39 is 0 Å². The normalized spacial score (nSPS) is 12.0. The van der Waals surface area contributed by atoms with Crippen LogP contribution in [0.1, 0.15) is 0 Å². The van der Waals surface area contributed by atoms with E-state index in [1.165, 1.54) is 86.3 Å². The van der Waals surface area contributed by atoms with Crippen molar-refractivity contribution in [3.8, 4) is 22.5 Å². The van der Waals surface area contributed by atoms with Crippen molar-refractivity contribution in [1.29, 1.82) is 0 Å². The zero-order valence-electron chi connectivity index (χ0n) is 24.3. The Morgan fingerprint density at radius 3 is 1.58 bits per heavy atom. The maximum atomic E-state index is 2.47. The highest BCUT2D eigenvalue weighted by Crippen LogP contribution is 2.47. The third-order valence-electron chi connectivity index (χ3n) is 9.32. The summed E-state index contributed by atoms with van der Waals surface area (Å²) in [7, 11) is 0. The van der Waals surface area contributed by atoms with Crippen LogP contribution in [0.2, 0.25) is 0 Å². The molecule has 0 saturated heterocycles. The fraction of sp³-hybridized carbons (Fsp3) is 0. The third kappa shape index (κ3) is 3.50. The maximum absolute atomic E-state index is 2.47. The van der Waals surface area contributed by atoms with E-state index in [2.05, 4.69) is 167 Å². The minimum Gasteiger partial charge on any atom is -0.309 e. The van der Waals surface area contributed by atoms with Gasteiger partial charge in [0.25, 0.3) is 0 Å². The molecule has 0 amide bonds. The molecular weight excluding hydrogens is 565 g/mol. The van der Waals surface area contributed by atoms with E-state index in [0.717, 1.165) is 0 Å². The summed E-state index contributed by atoms with van der Waals surface area (Å²) in [6, 6.07) is 57.4. The molecule has 3 aromatic heterocycles. The lowest BCUT2D eigenvalue weighted by Crippen LogP contribution is -1.94. The van der Waals surface area contributed by atoms with Crippen LogP contribution in [0, 0.1) is 0 Å². The lowest BCUT2D eigenvalue weighted by atomic mass is 10.1. The molecular formula is C42H26N2S. The van der Waals surface area contributed by atoms with Crippen molar-refractivity contribution in [2.24, 2.45) is 0 Å². The van der Waals surface area contributed by atoms with Gasteiger partial charge in [0.15, 0.2) is 0 Å². The van der Waals surface area contributed by atoms with Crippen LogP contribution in [0.4, 0.5) is 0 Å². The molecule has 210 valence electrons. The number of benzene rings is 7. The zero-order chi connectivity index (χ0) is 29.5. The van der Waals surface area contributed by atoms with E-state index in [4.69, 9.17) is 0 Å². The van der Waals surface area contributed by atoms with Gasteiger partial charge in [0.1, 0.15) is 0 Å². The summed E-state index contributed by atoms with van der Waals surface area (Å²) in [4.78, 5) is 0. The van der Waals surface area contributed by atoms with E-state index in [1.54, 1.807) is 0 Å². The Morgan fingerprint density at radius 1 is 0.356 bits per heavy atom. The predicted molar refractivity (Wildman–Crippen MR) is 193 cm³/mol. The molecule has 0 aliphatic carbocycles. The second-order valence-electron chi connectivity index (χ2n) is 11.7. The standard InChI is InChI=1S/C42H26N2S/c1-3-11-27(12-4-1)28-19-21-30(22-20-28)44-37-18-10-8-16-32(37)34-23-24-35-39-38(45-42(35)41(34)44)26-25-33-31-15-7-9-17-36(31)43(40(33)39)29-13-5-2-6-14-29/h1-26H. The van der Waals surface area contributed by atoms with E-state index in [1.807, 2.05) is 11.3 Å². The largest absolute Gasteiger partial charge is 0.309 e. The van der Waals surface area contributed by atoms with Crippen molar-refractivity contribution < 1.29 is 0 Å². The van der Waals surface area contributed by atoms with Crippen molar-refractivity contribution in [2.45, 2.75) is 0 Å². The summed E-state index contributed by atoms with van der Waals surface area (Å²) in [6.45, 7) is 0. The summed E-state index contributed by atoms with van der Waals surface area (Å²) in [5, 5.41) is 7.77. The number of rotatable bonds is 3. The Balaban J connectivity index is 1.33. The minimum absolute atomic E-state index is 1.18. The van der Waals surface area contributed by atoms with E-state index >= 15 is 0 Å². The predicted octanol–water partition coefficient (Wildman–Crippen LogP) is 11.9. The lowest BCUT2D eigenvalue weighted by Gasteiger charge is -2.10. The molecule has 7 aromatic carbocycles. The Morgan fingerprint density at radius 2 is 0.867 bits per heavy atom. The molecule has 10 aromatic rings. The monoisotopic (exact) mass is 590 g/mol. The summed E-state index contributed by atoms with van der Waals surface area (Å²) in [5.74, 6) is 0. The summed E-state index contributed by atoms with van der Waals surface area (Å²) in [5.41, 5.74) is 9.84. The Labute approximate surface area is 263 Å². The first kappa shape index (κ1) is 24.8. The van der Waals surface area contributed by atoms with Crippen molar-refractivity contribution in [1.82, 2.24) is 9.13 Å². The van der Waals surface area contributed by atoms with Gasteiger partial charge >= 0.3 is 0 Å². The van der Waals surface area contributed by atoms with Gasteiger partial charge in [-0.3, -0.25) is 0 Å². The molecule has 0 bridgehead atoms. The first-order valence-electron chi connectivity index (χ1n) is 15.4. The third-order valence-corrected chi connectivity index (χ3v) is 10.5. The van der Waals surface area contributed by atoms with Gasteiger partial charge in [0, 0.05) is 48.4 Å². The maximum Gasteiger partial charge on any atom is 0.0719 e. The molecule has 3 heteroatoms. The topological polar surface area (TPSA) is 9.86 Å². The first-order valence-corrected chi connectivity index (χ1v) is 16.2. The van der Waals surface area contributed by atoms with Crippen LogP contribution in [0.25, 0.3) is 86.3 Å². The van der Waals surface area contributed by atoms with Crippen LogP contribution in [0.3, 0.4) is 0 Å². The van der Waals surface area contributed by atoms with Crippen LogP contribution >= 0.6 is 11.3 Å². The fourth-order valence-electron chi connectivity index (χ4n) is 7.37. The van der Waals surface area contributed by atoms with Crippen LogP contribution in [-0.4, -0.2) is 9.13 Å². The van der Waals surface area contributed by atoms with Crippen LogP contribution in [0.5, 0.6) is 0 Å². The molecule has 0 N–H and O–H groups in total. The Bertz CT molecular complexity index is 2730. The number of fused-ring (bicyclic) bond motifs is 11. The number of thiophene rings is 1. The zero-order valence-corrected chi connectivity index (χ0v) is 25.1. The van der Waals surface area contributed by atoms with Crippen LogP contribution < -0.4 is 0 Å². The number of nitrogens with zero attached hydrogens (tertiary/aromatic N) is 2. The van der Waals surface area contributed by atoms with Crippen molar-refractivity contribution in [3.63, 3.8) is 0 Å². The molecule has 3 heterocycles. The average molecular weight is 591 g/mol. The second-order valence-corrected chi connectivity index (χ2v) is 12.8. The van der Waals surface area contributed by atoms with Gasteiger partial charge in [-0.05, 0) is 53.6 Å². The number of aromatic nitrogens is 2. The van der Waals surface area contributed by atoms with Crippen LogP contribution in [-0.2, 0) is 0 Å². The quantitative estimate of drug-likeness (QED) is 0.194. The highest BCUT2D eigenvalue weighted by Gasteiger charge is 2.21. The van der Waals surface area contributed by atoms with E-state index in [-0.39, 0.29) is 0 Å². The first-order chi connectivity index (χ1) is 22.3. The molecule has 0 fully saturated rings. The summed E-state index contributed by atoms with van der Waals surface area (Å²) >= 11 is 1.91. The Kier molecular flexibility index (Phi) is 5.19. The number of hydrogen-bond acceptors (Lipinski definition) is 1. The van der Waals surface area contributed by atoms with Gasteiger partial charge in [0.05, 0.1) is 26.8 Å². The SMILES string of the molecule is c1ccc(-c2ccc(-n3c4ccccc4c4ccc5c(sc6ccc7c8ccccc8n(-c8ccccc8)c7c65)c43)cc2)cc1. The van der Waals surface area contributed by atoms with Crippen molar-refractivity contribution in [2.75, 3.05) is 0 Å². The number of hydrogen-bond donors (Lipinski definition) is 0. The summed E-state index contributed by atoms with van der Waals surface area (Å²) in [6.07, 6.45) is 0. The van der Waals surface area contributed by atoms with Crippen molar-refractivity contribution >= 4 is 75.1 Å². The van der Waals surface area contributed by atoms with Gasteiger partial charge in [-0.1, -0.05) is 115 Å². The van der Waals surface area contributed by atoms with Gasteiger partial charge < -0.3 is 9.13 Å². The van der Waals surface area contributed by atoms with Crippen LogP contribution in [0.15, 0.2) is 158 Å². The highest BCUT2D eigenvalue weighted by atomic mass is 32.1. The van der Waals surface area contributed by atoms with Gasteiger partial charge in [0.2, 0.25) is 0 Å². The fourth-order valence-corrected chi connectivity index (χ4v) is 8.61. The molecule has 0 spiro atoms. The van der Waals surface area contributed by atoms with Gasteiger partial charge in [-0.25, -0.2) is 0 Å². The van der Waals surface area contributed by atoms with E-state index in [9.17, 15) is 0 Å². The number of para-hydroxylation sites is 3. The molecule has 0 saturated carbocycles. The molecule has 0 aliphatic heterocycles. The smallest absolute Gasteiger partial charge is 0.0719 e. The van der Waals surface area contributed by atoms with Gasteiger partial charge in [-0.15, -0.1) is 11.3 Å². The minimum atomic E-state index is 1.18. The van der Waals surface area contributed by atoms with Gasteiger partial charge in [-0.2, -0.15) is 0 Å². The molecule has 0 radical (unpaired) electrons. The molecule has 45 heavy (non-hydrogen) atoms. The van der Waals surface area contributed by atoms with E-state index in [0.29, 0.717) is 0 Å². The molecule has 0 atom stereocenters. The average Bonchev–Trinajstić information content (AvgIpc) is 3.77. The highest BCUT2D eigenvalue weighted by molar-refractivity contribution is 7.26. The lowest BCUT2D eigenvalue weighted by molar-refractivity contribution is 1.19. The second kappa shape index (κ2) is 9.43. The molecule has 2 nitrogen and oxygen atoms in total. The molecule has 10 rings (SSSR count). The molecule has 0 unspecified atom stereocenters. The Hall–Kier alpha value is -5.64. The molecule has 0 aliphatic rings. The van der Waals surface area contributed by atoms with Crippen molar-refractivity contribution in [3.05, 3.63) is 158 Å².